The van der Waals surface area contributed by atoms with Gasteiger partial charge in [0.25, 0.3) is 0 Å². The summed E-state index contributed by atoms with van der Waals surface area (Å²) in [4.78, 5) is 4.97. The van der Waals surface area contributed by atoms with E-state index < -0.39 is 0 Å². The second-order valence-corrected chi connectivity index (χ2v) is 9.28. The molecule has 0 bridgehead atoms. The van der Waals surface area contributed by atoms with E-state index in [1.165, 1.54) is 44.8 Å². The molecule has 1 heterocycles. The predicted octanol–water partition coefficient (Wildman–Crippen LogP) is -10.2. The van der Waals surface area contributed by atoms with Gasteiger partial charge < -0.3 is 74.4 Å². The normalized spacial score (nSPS) is 9.07. The molecule has 0 fully saturated rings. The van der Waals surface area contributed by atoms with Crippen LogP contribution in [0.4, 0.5) is 5.69 Å². The fourth-order valence-electron chi connectivity index (χ4n) is 4.41. The fraction of sp³-hybridized carbons (Fsp3) is 0.241. The van der Waals surface area contributed by atoms with Crippen LogP contribution in [-0.2, 0) is 22.4 Å². The summed E-state index contributed by atoms with van der Waals surface area (Å²) in [5.41, 5.74) is 10.8. The summed E-state index contributed by atoms with van der Waals surface area (Å²) in [6.07, 6.45) is 6.30. The van der Waals surface area contributed by atoms with Gasteiger partial charge in [0.15, 0.2) is 0 Å². The number of para-hydroxylation sites is 3. The van der Waals surface area contributed by atoms with Crippen molar-refractivity contribution >= 4 is 35.1 Å². The van der Waals surface area contributed by atoms with Crippen LogP contribution in [0.2, 0.25) is 0 Å². The largest absolute Gasteiger partial charge is 5.00 e. The van der Waals surface area contributed by atoms with Gasteiger partial charge in [-0.25, -0.2) is 4.99 Å². The topological polar surface area (TPSA) is 21.2 Å². The van der Waals surface area contributed by atoms with Gasteiger partial charge in [0.1, 0.15) is 30.0 Å². The number of alkyl halides is 2. The fourth-order valence-corrected chi connectivity index (χ4v) is 4.41. The standard InChI is InChI=1S/C28H30N3.CH2Cl2.6ClH.Nb/c1-19-10-7-11-20(2)26(19)29-18-25-30(27-21(3)12-8-13-22(27)4)16-17-31(25)28-23(5)14-9-15-24(28)6;2-1-3;;;;;;;/h7-18H,1-6H3;1H2;6*1H;/q+1;;;;;;;;+5/p-6. The molecular formula is C29H32Cl8N3Nb. The molecule has 3 nitrogen and oxygen atoms in total. The zero-order valence-corrected chi connectivity index (χ0v) is 31.7. The summed E-state index contributed by atoms with van der Waals surface area (Å²) in [6, 6.07) is 19.2. The molecule has 0 saturated heterocycles. The van der Waals surface area contributed by atoms with Gasteiger partial charge >= 0.3 is 28.2 Å². The second kappa shape index (κ2) is 24.0. The predicted molar refractivity (Wildman–Crippen MR) is 146 cm³/mol. The molecule has 12 heteroatoms. The van der Waals surface area contributed by atoms with Crippen molar-refractivity contribution in [3.63, 3.8) is 0 Å². The molecule has 0 aliphatic carbocycles. The van der Waals surface area contributed by atoms with E-state index in [2.05, 4.69) is 118 Å². The molecule has 0 N–H and O–H groups in total. The van der Waals surface area contributed by atoms with E-state index in [9.17, 15) is 0 Å². The average Bonchev–Trinajstić information content (AvgIpc) is 3.17. The number of hydrogen-bond acceptors (Lipinski definition) is 1. The first kappa shape index (κ1) is 50.2. The molecule has 0 unspecified atom stereocenters. The van der Waals surface area contributed by atoms with Gasteiger partial charge in [-0.2, -0.15) is 9.13 Å². The van der Waals surface area contributed by atoms with Crippen molar-refractivity contribution in [3.05, 3.63) is 106 Å². The summed E-state index contributed by atoms with van der Waals surface area (Å²) in [7, 11) is 0. The minimum atomic E-state index is 0. The second-order valence-electron chi connectivity index (χ2n) is 8.48. The summed E-state index contributed by atoms with van der Waals surface area (Å²) in [5, 5.41) is 0.194. The Kier molecular flexibility index (Phi) is 29.4. The minimum Gasteiger partial charge on any atom is -1.00 e. The number of aryl methyl sites for hydroxylation is 6. The SMILES string of the molecule is Cc1cccc(C)c1N=Cc1n(-c2c(C)cccc2C)cc[n+]1-c1c(C)cccc1C.ClCCl.[Cl-].[Cl-].[Cl-].[Cl-].[Cl-].[Cl-].[Nb+5]. The van der Waals surface area contributed by atoms with Crippen LogP contribution in [0, 0.1) is 41.5 Å². The van der Waals surface area contributed by atoms with Gasteiger partial charge in [0, 0.05) is 0 Å². The van der Waals surface area contributed by atoms with E-state index in [4.69, 9.17) is 28.2 Å². The molecule has 3 aromatic carbocycles. The van der Waals surface area contributed by atoms with Crippen LogP contribution in [0.3, 0.4) is 0 Å². The first-order valence-electron chi connectivity index (χ1n) is 11.3. The molecule has 224 valence electrons. The third-order valence-corrected chi connectivity index (χ3v) is 5.97. The molecule has 41 heavy (non-hydrogen) atoms. The van der Waals surface area contributed by atoms with E-state index in [0.29, 0.717) is 0 Å². The maximum Gasteiger partial charge on any atom is 5.00 e. The van der Waals surface area contributed by atoms with Crippen LogP contribution in [0.1, 0.15) is 39.2 Å². The zero-order valence-electron chi connectivity index (χ0n) is 23.4. The van der Waals surface area contributed by atoms with Crippen LogP contribution in [0.15, 0.2) is 72.0 Å². The van der Waals surface area contributed by atoms with E-state index in [1.807, 2.05) is 6.21 Å². The zero-order chi connectivity index (χ0) is 24.8. The van der Waals surface area contributed by atoms with E-state index in [1.54, 1.807) is 0 Å². The number of benzene rings is 3. The molecule has 0 atom stereocenters. The molecule has 4 aromatic rings. The third kappa shape index (κ3) is 12.3. The van der Waals surface area contributed by atoms with E-state index >= 15 is 0 Å². The van der Waals surface area contributed by atoms with Crippen molar-refractivity contribution in [1.82, 2.24) is 4.57 Å². The number of rotatable bonds is 4. The molecule has 0 aliphatic heterocycles. The Balaban J connectivity index is -0.000000414. The maximum absolute atomic E-state index is 4.97. The summed E-state index contributed by atoms with van der Waals surface area (Å²) in [6.45, 7) is 12.9. The average molecular weight is 799 g/mol. The molecular weight excluding hydrogens is 767 g/mol. The molecule has 0 aliphatic rings. The van der Waals surface area contributed by atoms with Gasteiger partial charge in [-0.15, -0.1) is 23.2 Å². The third-order valence-electron chi connectivity index (χ3n) is 5.97. The van der Waals surface area contributed by atoms with E-state index in [0.717, 1.165) is 11.5 Å². The number of imidazole rings is 1. The minimum absolute atomic E-state index is 0. The van der Waals surface area contributed by atoms with Crippen LogP contribution >= 0.6 is 23.2 Å². The van der Waals surface area contributed by atoms with Crippen molar-refractivity contribution in [2.24, 2.45) is 4.99 Å². The molecule has 1 aromatic heterocycles. The molecule has 0 saturated carbocycles. The molecule has 4 rings (SSSR count). The van der Waals surface area contributed by atoms with Crippen molar-refractivity contribution in [1.29, 1.82) is 0 Å². The van der Waals surface area contributed by atoms with Gasteiger partial charge in [-0.3, -0.25) is 0 Å². The Bertz CT molecular complexity index is 1210. The first-order valence-corrected chi connectivity index (χ1v) is 12.4. The van der Waals surface area contributed by atoms with Crippen LogP contribution in [0.25, 0.3) is 11.4 Å². The Morgan fingerprint density at radius 3 is 1.44 bits per heavy atom. The van der Waals surface area contributed by atoms with Crippen LogP contribution in [-0.4, -0.2) is 16.1 Å². The number of halogens is 8. The first-order chi connectivity index (χ1) is 16.3. The smallest absolute Gasteiger partial charge is 1.00 e. The monoisotopic (exact) mass is 795 g/mol. The number of aliphatic imine (C=N–C) groups is 1. The Morgan fingerprint density at radius 2 is 1.02 bits per heavy atom. The number of aromatic nitrogens is 2. The Labute approximate surface area is 307 Å². The van der Waals surface area contributed by atoms with Crippen LogP contribution in [0.5, 0.6) is 0 Å². The van der Waals surface area contributed by atoms with Crippen molar-refractivity contribution in [2.75, 3.05) is 5.34 Å². The van der Waals surface area contributed by atoms with Crippen molar-refractivity contribution in [3.8, 4) is 11.4 Å². The Hall–Kier alpha value is -0.400. The quantitative estimate of drug-likeness (QED) is 0.0849. The molecule has 0 radical (unpaired) electrons. The van der Waals surface area contributed by atoms with Crippen LogP contribution < -0.4 is 79.0 Å². The summed E-state index contributed by atoms with van der Waals surface area (Å²) in [5.74, 6) is 1.03. The van der Waals surface area contributed by atoms with Crippen molar-refractivity contribution < 1.29 is 101 Å². The summed E-state index contributed by atoms with van der Waals surface area (Å²) < 4.78 is 4.52. The molecule has 0 spiro atoms. The number of hydrogen-bond donors (Lipinski definition) is 0. The van der Waals surface area contributed by atoms with Gasteiger partial charge in [0.05, 0.1) is 11.0 Å². The molecule has 0 amide bonds. The van der Waals surface area contributed by atoms with Gasteiger partial charge in [-0.1, -0.05) is 54.6 Å². The van der Waals surface area contributed by atoms with Gasteiger partial charge in [0.2, 0.25) is 0 Å². The number of nitrogens with zero attached hydrogens (tertiary/aromatic N) is 3. The Morgan fingerprint density at radius 1 is 0.659 bits per heavy atom. The van der Waals surface area contributed by atoms with Gasteiger partial charge in [-0.05, 0) is 74.9 Å². The van der Waals surface area contributed by atoms with E-state index in [-0.39, 0.29) is 102 Å². The van der Waals surface area contributed by atoms with Crippen molar-refractivity contribution in [2.45, 2.75) is 41.5 Å². The maximum atomic E-state index is 4.97. The summed E-state index contributed by atoms with van der Waals surface area (Å²) >= 11 is 9.53.